The summed E-state index contributed by atoms with van der Waals surface area (Å²) in [7, 11) is 0. The number of nitrogens with two attached hydrogens (primary N) is 2. The fourth-order valence-electron chi connectivity index (χ4n) is 6.85. The summed E-state index contributed by atoms with van der Waals surface area (Å²) in [6.45, 7) is 0. The molecule has 4 aromatic carbocycles. The van der Waals surface area contributed by atoms with Crippen LogP contribution in [0.4, 0.5) is 0 Å². The van der Waals surface area contributed by atoms with Gasteiger partial charge in [-0.3, -0.25) is 0 Å². The van der Waals surface area contributed by atoms with Crippen molar-refractivity contribution in [1.82, 2.24) is 0 Å². The van der Waals surface area contributed by atoms with Crippen molar-refractivity contribution in [3.8, 4) is 0 Å². The summed E-state index contributed by atoms with van der Waals surface area (Å²) in [6.07, 6.45) is 11.9. The van der Waals surface area contributed by atoms with E-state index >= 15 is 0 Å². The minimum absolute atomic E-state index is 0.400. The lowest BCUT2D eigenvalue weighted by molar-refractivity contribution is 1.25. The van der Waals surface area contributed by atoms with E-state index in [9.17, 15) is 0 Å². The molecule has 0 atom stereocenters. The number of hydrogen-bond acceptors (Lipinski definition) is 6. The summed E-state index contributed by atoms with van der Waals surface area (Å²) < 4.78 is 0. The number of nitrogens with zero attached hydrogens (tertiary/aromatic N) is 4. The smallest absolute Gasteiger partial charge is 0.0989 e. The summed E-state index contributed by atoms with van der Waals surface area (Å²) in [5.74, 6) is 0. The summed E-state index contributed by atoms with van der Waals surface area (Å²) in [5, 5.41) is 0. The largest absolute Gasteiger partial charge is 0.395 e. The van der Waals surface area contributed by atoms with Gasteiger partial charge in [0.1, 0.15) is 0 Å². The Labute approximate surface area is 290 Å². The summed E-state index contributed by atoms with van der Waals surface area (Å²) in [4.78, 5) is 20.8. The van der Waals surface area contributed by atoms with E-state index in [0.29, 0.717) is 22.8 Å². The first-order valence-electron chi connectivity index (χ1n) is 16.5. The van der Waals surface area contributed by atoms with Gasteiger partial charge in [-0.05, 0) is 58.7 Å². The first-order chi connectivity index (χ1) is 24.6. The molecule has 5 heterocycles. The molecule has 0 aromatic heterocycles. The first-order valence-corrected chi connectivity index (χ1v) is 16.5. The van der Waals surface area contributed by atoms with Crippen LogP contribution in [0.2, 0.25) is 0 Å². The zero-order valence-electron chi connectivity index (χ0n) is 27.0. The van der Waals surface area contributed by atoms with Crippen LogP contribution in [0.25, 0.3) is 22.3 Å². The normalized spacial score (nSPS) is 18.0. The maximum absolute atomic E-state index is 6.93. The monoisotopic (exact) mass is 642 g/mol. The lowest BCUT2D eigenvalue weighted by atomic mass is 9.85. The van der Waals surface area contributed by atoms with Gasteiger partial charge in [0.15, 0.2) is 0 Å². The highest BCUT2D eigenvalue weighted by Crippen LogP contribution is 2.47. The SMILES string of the molecule is NC1=C(N)C2=NC1=CC1=NC(=CC3=NC(=C(c4ccccc4)C4=NC(=C2c2ccccc2)C(c2ccccc2)=C4c2ccccc2)C=C3)C=C1. The molecule has 6 nitrogen and oxygen atoms in total. The number of hydrogen-bond donors (Lipinski definition) is 2. The van der Waals surface area contributed by atoms with Gasteiger partial charge in [0.25, 0.3) is 0 Å². The Hall–Kier alpha value is -6.92. The molecule has 6 heteroatoms. The predicted octanol–water partition coefficient (Wildman–Crippen LogP) is 8.26. The molecule has 0 amide bonds. The van der Waals surface area contributed by atoms with E-state index < -0.39 is 0 Å². The van der Waals surface area contributed by atoms with Gasteiger partial charge in [0.2, 0.25) is 0 Å². The third-order valence-corrected chi connectivity index (χ3v) is 9.14. The molecular formula is C44H30N6. The van der Waals surface area contributed by atoms with Gasteiger partial charge < -0.3 is 11.5 Å². The van der Waals surface area contributed by atoms with Crippen LogP contribution < -0.4 is 11.5 Å². The van der Waals surface area contributed by atoms with Crippen LogP contribution in [0.15, 0.2) is 212 Å². The molecule has 9 rings (SSSR count). The third kappa shape index (κ3) is 4.98. The molecule has 236 valence electrons. The molecule has 0 radical (unpaired) electrons. The molecule has 0 saturated carbocycles. The van der Waals surface area contributed by atoms with Crippen LogP contribution in [0.5, 0.6) is 0 Å². The van der Waals surface area contributed by atoms with Crippen LogP contribution >= 0.6 is 0 Å². The van der Waals surface area contributed by atoms with Crippen LogP contribution in [-0.4, -0.2) is 22.8 Å². The first kappa shape index (κ1) is 29.2. The number of benzene rings is 4. The highest BCUT2D eigenvalue weighted by molar-refractivity contribution is 6.53. The molecule has 0 saturated heterocycles. The van der Waals surface area contributed by atoms with Crippen molar-refractivity contribution in [2.45, 2.75) is 0 Å². The van der Waals surface area contributed by atoms with Crippen molar-refractivity contribution in [3.05, 3.63) is 214 Å². The van der Waals surface area contributed by atoms with Crippen LogP contribution in [-0.2, 0) is 0 Å². The van der Waals surface area contributed by atoms with Crippen LogP contribution in [0.1, 0.15) is 22.3 Å². The standard InChI is InChI=1S/C44H30N6/c45-40-35-26-33-22-21-31(47-33)25-32-23-24-34(48-32)36(27-13-5-1-6-14-27)42-37(28-15-7-2-8-16-28)38(29-17-9-3-10-18-29)43(50-42)39(44(49-35)41(40)46)30-19-11-4-12-20-30/h1-26H,45-46H2. The third-order valence-electron chi connectivity index (χ3n) is 9.14. The van der Waals surface area contributed by atoms with Gasteiger partial charge in [-0.1, -0.05) is 121 Å². The fraction of sp³-hybridized carbons (Fsp3) is 0. The van der Waals surface area contributed by atoms with E-state index in [1.165, 1.54) is 0 Å². The predicted molar refractivity (Wildman–Crippen MR) is 206 cm³/mol. The van der Waals surface area contributed by atoms with E-state index in [4.69, 9.17) is 31.4 Å². The molecule has 5 aliphatic heterocycles. The molecule has 0 aliphatic carbocycles. The van der Waals surface area contributed by atoms with Crippen LogP contribution in [0, 0.1) is 0 Å². The van der Waals surface area contributed by atoms with Gasteiger partial charge in [-0.2, -0.15) is 0 Å². The van der Waals surface area contributed by atoms with Crippen LogP contribution in [0.3, 0.4) is 0 Å². The Balaban J connectivity index is 1.49. The Morgan fingerprint density at radius 2 is 0.900 bits per heavy atom. The van der Waals surface area contributed by atoms with Gasteiger partial charge in [-0.15, -0.1) is 0 Å². The Kier molecular flexibility index (Phi) is 6.99. The maximum Gasteiger partial charge on any atom is 0.0989 e. The topological polar surface area (TPSA) is 101 Å². The van der Waals surface area contributed by atoms with Gasteiger partial charge >= 0.3 is 0 Å². The lowest BCUT2D eigenvalue weighted by Gasteiger charge is -2.16. The molecule has 4 aromatic rings. The fourth-order valence-corrected chi connectivity index (χ4v) is 6.85. The van der Waals surface area contributed by atoms with Crippen molar-refractivity contribution in [2.75, 3.05) is 0 Å². The highest BCUT2D eigenvalue weighted by Gasteiger charge is 2.35. The van der Waals surface area contributed by atoms with Crippen molar-refractivity contribution in [1.29, 1.82) is 0 Å². The van der Waals surface area contributed by atoms with Crippen molar-refractivity contribution in [3.63, 3.8) is 0 Å². The summed E-state index contributed by atoms with van der Waals surface area (Å²) in [5.41, 5.74) is 27.9. The average Bonchev–Trinajstić information content (AvgIpc) is 3.95. The van der Waals surface area contributed by atoms with Crippen molar-refractivity contribution >= 4 is 45.1 Å². The molecule has 4 N–H and O–H groups in total. The molecule has 0 unspecified atom stereocenters. The second kappa shape index (κ2) is 12.0. The highest BCUT2D eigenvalue weighted by atomic mass is 14.9. The Bertz CT molecular complexity index is 2480. The Morgan fingerprint density at radius 3 is 1.52 bits per heavy atom. The minimum Gasteiger partial charge on any atom is -0.395 e. The second-order valence-electron chi connectivity index (χ2n) is 12.3. The van der Waals surface area contributed by atoms with Gasteiger partial charge in [-0.25, -0.2) is 20.0 Å². The molecule has 5 aliphatic rings. The van der Waals surface area contributed by atoms with E-state index in [1.54, 1.807) is 0 Å². The average molecular weight is 643 g/mol. The molecule has 8 bridgehead atoms. The van der Waals surface area contributed by atoms with Gasteiger partial charge in [0.05, 0.1) is 57.0 Å². The zero-order chi connectivity index (χ0) is 33.6. The number of aliphatic imine (C=N–C) groups is 4. The van der Waals surface area contributed by atoms with Crippen molar-refractivity contribution in [2.24, 2.45) is 31.4 Å². The number of fused-ring (bicyclic) bond motifs is 4. The zero-order valence-corrected chi connectivity index (χ0v) is 27.0. The molecule has 0 spiro atoms. The quantitative estimate of drug-likeness (QED) is 0.234. The number of allylic oxidation sites excluding steroid dienone is 10. The molecular weight excluding hydrogens is 613 g/mol. The van der Waals surface area contributed by atoms with Gasteiger partial charge in [0, 0.05) is 22.3 Å². The van der Waals surface area contributed by atoms with E-state index in [-0.39, 0.29) is 0 Å². The van der Waals surface area contributed by atoms with E-state index in [0.717, 1.165) is 78.8 Å². The lowest BCUT2D eigenvalue weighted by Crippen LogP contribution is -2.16. The maximum atomic E-state index is 6.93. The summed E-state index contributed by atoms with van der Waals surface area (Å²) in [6, 6.07) is 41.4. The summed E-state index contributed by atoms with van der Waals surface area (Å²) >= 11 is 0. The number of rotatable bonds is 4. The molecule has 50 heavy (non-hydrogen) atoms. The van der Waals surface area contributed by atoms with E-state index in [2.05, 4.69) is 78.9 Å². The van der Waals surface area contributed by atoms with E-state index in [1.807, 2.05) is 78.9 Å². The van der Waals surface area contributed by atoms with Crippen molar-refractivity contribution < 1.29 is 0 Å². The second-order valence-corrected chi connectivity index (χ2v) is 12.3. The minimum atomic E-state index is 0.400. The Morgan fingerprint density at radius 1 is 0.380 bits per heavy atom. The molecule has 0 fully saturated rings.